The number of methoxy groups -OCH3 is 1. The molecule has 0 fully saturated rings. The average molecular weight is 282 g/mol. The zero-order valence-corrected chi connectivity index (χ0v) is 11.8. The number of thiophene rings is 1. The molecule has 7 heteroatoms. The van der Waals surface area contributed by atoms with E-state index in [0.717, 1.165) is 16.6 Å². The van der Waals surface area contributed by atoms with Crippen LogP contribution in [-0.2, 0) is 11.2 Å². The number of aliphatic hydroxyl groups is 1. The lowest BCUT2D eigenvalue weighted by Gasteiger charge is -2.11. The minimum Gasteiger partial charge on any atom is -0.389 e. The second kappa shape index (κ2) is 6.14. The normalized spacial score (nSPS) is 12.8. The Morgan fingerprint density at radius 1 is 1.53 bits per heavy atom. The zero-order chi connectivity index (χ0) is 13.8. The topological polar surface area (TPSA) is 93.3 Å². The lowest BCUT2D eigenvalue weighted by Crippen LogP contribution is -2.24. The number of nitrogens with one attached hydrogen (secondary N) is 1. The molecular weight excluding hydrogens is 264 g/mol. The van der Waals surface area contributed by atoms with Crippen molar-refractivity contribution in [1.29, 1.82) is 0 Å². The number of nitrogens with zero attached hydrogens (tertiary/aromatic N) is 2. The number of ether oxygens (including phenoxy) is 1. The van der Waals surface area contributed by atoms with Gasteiger partial charge >= 0.3 is 0 Å². The molecule has 4 N–H and O–H groups in total. The van der Waals surface area contributed by atoms with Gasteiger partial charge in [-0.3, -0.25) is 0 Å². The van der Waals surface area contributed by atoms with Crippen LogP contribution in [0.4, 0.5) is 11.8 Å². The molecule has 0 aromatic carbocycles. The molecule has 1 unspecified atom stereocenters. The van der Waals surface area contributed by atoms with Crippen molar-refractivity contribution in [1.82, 2.24) is 9.97 Å². The van der Waals surface area contributed by atoms with E-state index in [4.69, 9.17) is 10.5 Å². The van der Waals surface area contributed by atoms with E-state index in [1.165, 1.54) is 4.88 Å². The molecule has 0 saturated carbocycles. The van der Waals surface area contributed by atoms with Gasteiger partial charge in [0.1, 0.15) is 10.6 Å². The monoisotopic (exact) mass is 282 g/mol. The van der Waals surface area contributed by atoms with Crippen LogP contribution in [0.3, 0.4) is 0 Å². The summed E-state index contributed by atoms with van der Waals surface area (Å²) in [6, 6.07) is 2.06. The van der Waals surface area contributed by atoms with Gasteiger partial charge in [0.25, 0.3) is 0 Å². The Morgan fingerprint density at radius 2 is 2.32 bits per heavy atom. The molecule has 2 aromatic heterocycles. The molecule has 0 bridgehead atoms. The van der Waals surface area contributed by atoms with Gasteiger partial charge < -0.3 is 20.9 Å². The second-order valence-electron chi connectivity index (χ2n) is 4.21. The number of fused-ring (bicyclic) bond motifs is 1. The Morgan fingerprint density at radius 3 is 3.00 bits per heavy atom. The first-order valence-corrected chi connectivity index (χ1v) is 6.92. The van der Waals surface area contributed by atoms with E-state index in [1.807, 2.05) is 0 Å². The van der Waals surface area contributed by atoms with Crippen LogP contribution >= 0.6 is 11.3 Å². The lowest BCUT2D eigenvalue weighted by atomic mass is 10.3. The Balaban J connectivity index is 2.23. The van der Waals surface area contributed by atoms with Crippen molar-refractivity contribution in [2.75, 3.05) is 31.3 Å². The summed E-state index contributed by atoms with van der Waals surface area (Å²) < 4.78 is 4.88. The summed E-state index contributed by atoms with van der Waals surface area (Å²) in [5.41, 5.74) is 5.70. The van der Waals surface area contributed by atoms with Crippen molar-refractivity contribution in [2.45, 2.75) is 19.4 Å². The predicted octanol–water partition coefficient (Wildman–Crippen LogP) is 1.26. The zero-order valence-electron chi connectivity index (χ0n) is 11.0. The number of nitrogens with two attached hydrogens (primary N) is 1. The SMILES string of the molecule is CCc1cc2c(NCC(O)COC)nc(N)nc2s1. The van der Waals surface area contributed by atoms with Crippen molar-refractivity contribution >= 4 is 33.3 Å². The number of hydrogen-bond acceptors (Lipinski definition) is 7. The molecule has 6 nitrogen and oxygen atoms in total. The first kappa shape index (κ1) is 14.0. The summed E-state index contributed by atoms with van der Waals surface area (Å²) in [6.07, 6.45) is 0.368. The number of anilines is 2. The van der Waals surface area contributed by atoms with Crippen molar-refractivity contribution in [3.63, 3.8) is 0 Å². The second-order valence-corrected chi connectivity index (χ2v) is 5.32. The summed E-state index contributed by atoms with van der Waals surface area (Å²) in [6.45, 7) is 2.73. The van der Waals surface area contributed by atoms with Gasteiger partial charge in [-0.05, 0) is 12.5 Å². The average Bonchev–Trinajstić information content (AvgIpc) is 2.79. The third-order valence-corrected chi connectivity index (χ3v) is 3.85. The van der Waals surface area contributed by atoms with Crippen LogP contribution in [0.25, 0.3) is 10.2 Å². The maximum atomic E-state index is 9.64. The number of aliphatic hydroxyl groups excluding tert-OH is 1. The summed E-state index contributed by atoms with van der Waals surface area (Å²) >= 11 is 1.61. The molecule has 0 aliphatic carbocycles. The van der Waals surface area contributed by atoms with E-state index < -0.39 is 6.10 Å². The molecule has 0 aliphatic rings. The molecular formula is C12H18N4O2S. The van der Waals surface area contributed by atoms with E-state index in [0.29, 0.717) is 12.4 Å². The van der Waals surface area contributed by atoms with Gasteiger partial charge in [0.05, 0.1) is 18.1 Å². The van der Waals surface area contributed by atoms with Gasteiger partial charge in [-0.1, -0.05) is 6.92 Å². The number of aryl methyl sites for hydroxylation is 1. The molecule has 0 radical (unpaired) electrons. The van der Waals surface area contributed by atoms with Gasteiger partial charge in [0.2, 0.25) is 5.95 Å². The summed E-state index contributed by atoms with van der Waals surface area (Å²) in [5, 5.41) is 13.7. The maximum absolute atomic E-state index is 9.64. The van der Waals surface area contributed by atoms with Crippen LogP contribution in [0, 0.1) is 0 Å². The van der Waals surface area contributed by atoms with Crippen LogP contribution in [0.2, 0.25) is 0 Å². The highest BCUT2D eigenvalue weighted by atomic mass is 32.1. The molecule has 0 saturated heterocycles. The van der Waals surface area contributed by atoms with Crippen LogP contribution < -0.4 is 11.1 Å². The Kier molecular flexibility index (Phi) is 4.52. The van der Waals surface area contributed by atoms with E-state index >= 15 is 0 Å². The minimum atomic E-state index is -0.583. The summed E-state index contributed by atoms with van der Waals surface area (Å²) in [7, 11) is 1.55. The van der Waals surface area contributed by atoms with Crippen molar-refractivity contribution in [2.24, 2.45) is 0 Å². The predicted molar refractivity (Wildman–Crippen MR) is 77.6 cm³/mol. The Hall–Kier alpha value is -1.44. The van der Waals surface area contributed by atoms with E-state index in [9.17, 15) is 5.11 Å². The fourth-order valence-corrected chi connectivity index (χ4v) is 2.74. The maximum Gasteiger partial charge on any atom is 0.223 e. The number of hydrogen-bond donors (Lipinski definition) is 3. The van der Waals surface area contributed by atoms with Gasteiger partial charge in [-0.15, -0.1) is 11.3 Å². The van der Waals surface area contributed by atoms with Gasteiger partial charge in [0.15, 0.2) is 0 Å². The fourth-order valence-electron chi connectivity index (χ4n) is 1.76. The smallest absolute Gasteiger partial charge is 0.223 e. The van der Waals surface area contributed by atoms with Gasteiger partial charge in [0, 0.05) is 18.5 Å². The van der Waals surface area contributed by atoms with Crippen LogP contribution in [0.1, 0.15) is 11.8 Å². The molecule has 2 heterocycles. The van der Waals surface area contributed by atoms with Crippen molar-refractivity contribution in [3.8, 4) is 0 Å². The van der Waals surface area contributed by atoms with E-state index in [-0.39, 0.29) is 12.6 Å². The molecule has 0 aliphatic heterocycles. The molecule has 2 rings (SSSR count). The van der Waals surface area contributed by atoms with Gasteiger partial charge in [-0.25, -0.2) is 4.98 Å². The Bertz CT molecular complexity index is 558. The first-order valence-electron chi connectivity index (χ1n) is 6.10. The highest BCUT2D eigenvalue weighted by molar-refractivity contribution is 7.18. The fraction of sp³-hybridized carbons (Fsp3) is 0.500. The van der Waals surface area contributed by atoms with Crippen molar-refractivity contribution in [3.05, 3.63) is 10.9 Å². The lowest BCUT2D eigenvalue weighted by molar-refractivity contribution is 0.0727. The highest BCUT2D eigenvalue weighted by Gasteiger charge is 2.11. The summed E-state index contributed by atoms with van der Waals surface area (Å²) in [4.78, 5) is 10.5. The van der Waals surface area contributed by atoms with Crippen LogP contribution in [-0.4, -0.2) is 41.4 Å². The highest BCUT2D eigenvalue weighted by Crippen LogP contribution is 2.29. The number of aromatic nitrogens is 2. The molecule has 1 atom stereocenters. The standard InChI is InChI=1S/C12H18N4O2S/c1-3-8-4-9-10(14-5-7(17)6-18-2)15-12(13)16-11(9)19-8/h4,7,17H,3,5-6H2,1-2H3,(H3,13,14,15,16). The number of rotatable bonds is 6. The minimum absolute atomic E-state index is 0.237. The molecule has 0 spiro atoms. The van der Waals surface area contributed by atoms with Gasteiger partial charge in [-0.2, -0.15) is 4.98 Å². The third kappa shape index (κ3) is 3.31. The molecule has 19 heavy (non-hydrogen) atoms. The van der Waals surface area contributed by atoms with Crippen molar-refractivity contribution < 1.29 is 9.84 Å². The van der Waals surface area contributed by atoms with Crippen LogP contribution in [0.5, 0.6) is 0 Å². The van der Waals surface area contributed by atoms with E-state index in [2.05, 4.69) is 28.3 Å². The summed E-state index contributed by atoms with van der Waals surface area (Å²) in [5.74, 6) is 0.898. The number of nitrogen functional groups attached to an aromatic ring is 1. The molecule has 104 valence electrons. The van der Waals surface area contributed by atoms with Crippen LogP contribution in [0.15, 0.2) is 6.07 Å². The largest absolute Gasteiger partial charge is 0.389 e. The van der Waals surface area contributed by atoms with E-state index in [1.54, 1.807) is 18.4 Å². The third-order valence-electron chi connectivity index (χ3n) is 2.67. The quantitative estimate of drug-likeness (QED) is 0.738. The first-order chi connectivity index (χ1) is 9.13. The molecule has 2 aromatic rings. The Labute approximate surface area is 115 Å². The molecule has 0 amide bonds.